The number of carbonyl (C=O) groups excluding carboxylic acids is 3. The molecule has 2 aliphatic rings. The second-order valence-electron chi connectivity index (χ2n) is 9.47. The van der Waals surface area contributed by atoms with Crippen LogP contribution in [0.3, 0.4) is 0 Å². The number of piperidine rings is 1. The zero-order valence-electron chi connectivity index (χ0n) is 20.6. The highest BCUT2D eigenvalue weighted by molar-refractivity contribution is 7.12. The van der Waals surface area contributed by atoms with Gasteiger partial charge in [0.05, 0.1) is 18.0 Å². The number of para-hydroxylation sites is 1. The summed E-state index contributed by atoms with van der Waals surface area (Å²) in [7, 11) is 0. The van der Waals surface area contributed by atoms with Crippen LogP contribution in [0, 0.1) is 13.8 Å². The molecule has 3 heterocycles. The lowest BCUT2D eigenvalue weighted by atomic mass is 10.0. The molecule has 2 saturated heterocycles. The lowest BCUT2D eigenvalue weighted by molar-refractivity contribution is -0.134. The van der Waals surface area contributed by atoms with Gasteiger partial charge in [0.2, 0.25) is 11.8 Å². The molecule has 0 unspecified atom stereocenters. The van der Waals surface area contributed by atoms with Crippen molar-refractivity contribution in [3.63, 3.8) is 0 Å². The number of aryl methyl sites for hydroxylation is 2. The average Bonchev–Trinajstić information content (AvgIpc) is 3.39. The maximum absolute atomic E-state index is 12.8. The van der Waals surface area contributed by atoms with E-state index in [0.717, 1.165) is 47.6 Å². The van der Waals surface area contributed by atoms with Gasteiger partial charge in [-0.15, -0.1) is 11.3 Å². The topological polar surface area (TPSA) is 85.0 Å². The van der Waals surface area contributed by atoms with Crippen LogP contribution in [0.1, 0.15) is 33.6 Å². The minimum Gasteiger partial charge on any atom is -0.349 e. The highest BCUT2D eigenvalue weighted by Gasteiger charge is 2.27. The van der Waals surface area contributed by atoms with Gasteiger partial charge in [-0.25, -0.2) is 0 Å². The molecule has 0 atom stereocenters. The first-order chi connectivity index (χ1) is 16.9. The number of hydrogen-bond acceptors (Lipinski definition) is 6. The third-order valence-electron chi connectivity index (χ3n) is 6.86. The lowest BCUT2D eigenvalue weighted by Gasteiger charge is -2.37. The first kappa shape index (κ1) is 25.3. The van der Waals surface area contributed by atoms with E-state index in [0.29, 0.717) is 39.3 Å². The fraction of sp³-hybridized carbons (Fsp3) is 0.500. The van der Waals surface area contributed by atoms with E-state index in [1.807, 2.05) is 54.5 Å². The molecule has 1 aromatic heterocycles. The van der Waals surface area contributed by atoms with Crippen molar-refractivity contribution >= 4 is 34.7 Å². The van der Waals surface area contributed by atoms with Crippen molar-refractivity contribution in [2.24, 2.45) is 0 Å². The Morgan fingerprint density at radius 3 is 2.17 bits per heavy atom. The van der Waals surface area contributed by atoms with Crippen molar-refractivity contribution in [1.29, 1.82) is 0 Å². The summed E-state index contributed by atoms with van der Waals surface area (Å²) >= 11 is 1.45. The molecule has 4 rings (SSSR count). The molecule has 1 aromatic carbocycles. The molecule has 188 valence electrons. The van der Waals surface area contributed by atoms with Crippen LogP contribution in [0.25, 0.3) is 0 Å². The van der Waals surface area contributed by atoms with E-state index in [2.05, 4.69) is 20.4 Å². The van der Waals surface area contributed by atoms with Gasteiger partial charge in [-0.1, -0.05) is 24.3 Å². The third kappa shape index (κ3) is 6.90. The van der Waals surface area contributed by atoms with Crippen LogP contribution in [0.2, 0.25) is 0 Å². The molecular formula is C26H35N5O3S. The number of thiophene rings is 1. The number of benzene rings is 1. The van der Waals surface area contributed by atoms with Crippen LogP contribution in [-0.2, 0) is 9.59 Å². The molecule has 2 aliphatic heterocycles. The maximum atomic E-state index is 12.8. The maximum Gasteiger partial charge on any atom is 0.261 e. The van der Waals surface area contributed by atoms with Crippen molar-refractivity contribution in [1.82, 2.24) is 20.0 Å². The van der Waals surface area contributed by atoms with Crippen LogP contribution < -0.4 is 10.6 Å². The molecule has 8 nitrogen and oxygen atoms in total. The first-order valence-electron chi connectivity index (χ1n) is 12.3. The number of nitrogens with one attached hydrogen (secondary N) is 2. The zero-order valence-corrected chi connectivity index (χ0v) is 21.4. The molecular weight excluding hydrogens is 462 g/mol. The molecule has 2 N–H and O–H groups in total. The Bertz CT molecular complexity index is 1010. The lowest BCUT2D eigenvalue weighted by Crippen LogP contribution is -2.53. The Morgan fingerprint density at radius 2 is 1.54 bits per heavy atom. The molecule has 2 aromatic rings. The van der Waals surface area contributed by atoms with Gasteiger partial charge in [0.25, 0.3) is 5.91 Å². The molecule has 9 heteroatoms. The summed E-state index contributed by atoms with van der Waals surface area (Å²) in [6.45, 7) is 9.03. The Balaban J connectivity index is 1.15. The molecule has 0 aliphatic carbocycles. The number of nitrogens with zero attached hydrogens (tertiary/aromatic N) is 3. The van der Waals surface area contributed by atoms with Crippen LogP contribution in [0.15, 0.2) is 35.7 Å². The smallest absolute Gasteiger partial charge is 0.261 e. The molecule has 35 heavy (non-hydrogen) atoms. The fourth-order valence-electron chi connectivity index (χ4n) is 4.74. The van der Waals surface area contributed by atoms with Gasteiger partial charge >= 0.3 is 0 Å². The number of hydrogen-bond donors (Lipinski definition) is 2. The Hall–Kier alpha value is -2.75. The number of piperazine rings is 1. The van der Waals surface area contributed by atoms with Gasteiger partial charge in [0.15, 0.2) is 0 Å². The predicted molar refractivity (Wildman–Crippen MR) is 139 cm³/mol. The number of amides is 3. The van der Waals surface area contributed by atoms with Crippen LogP contribution in [-0.4, -0.2) is 90.8 Å². The number of likely N-dealkylation sites (tertiary alicyclic amines) is 1. The minimum atomic E-state index is -0.0174. The van der Waals surface area contributed by atoms with Gasteiger partial charge < -0.3 is 15.5 Å². The van der Waals surface area contributed by atoms with Gasteiger partial charge in [0.1, 0.15) is 0 Å². The minimum absolute atomic E-state index is 0.00452. The molecule has 3 amide bonds. The average molecular weight is 498 g/mol. The summed E-state index contributed by atoms with van der Waals surface area (Å²) in [5.74, 6) is 0.122. The van der Waals surface area contributed by atoms with Gasteiger partial charge in [-0.3, -0.25) is 24.2 Å². The summed E-state index contributed by atoms with van der Waals surface area (Å²) in [5, 5.41) is 8.06. The third-order valence-corrected chi connectivity index (χ3v) is 7.73. The summed E-state index contributed by atoms with van der Waals surface area (Å²) in [4.78, 5) is 44.6. The first-order valence-corrected chi connectivity index (χ1v) is 13.2. The van der Waals surface area contributed by atoms with Crippen molar-refractivity contribution in [2.75, 3.05) is 57.7 Å². The van der Waals surface area contributed by atoms with E-state index >= 15 is 0 Å². The molecule has 0 spiro atoms. The Morgan fingerprint density at radius 1 is 0.886 bits per heavy atom. The van der Waals surface area contributed by atoms with Gasteiger partial charge in [-0.05, 0) is 49.3 Å². The summed E-state index contributed by atoms with van der Waals surface area (Å²) in [6.07, 6.45) is 1.71. The van der Waals surface area contributed by atoms with Crippen LogP contribution in [0.5, 0.6) is 0 Å². The SMILES string of the molecule is Cc1cccc(C)c1NC(=O)CN1CCN(C(=O)CN2CCC(NC(=O)c3cccs3)CC2)CC1. The standard InChI is InChI=1S/C26H35N5O3S/c1-19-5-3-6-20(2)25(19)28-23(32)17-30-12-14-31(15-13-30)24(33)18-29-10-8-21(9-11-29)27-26(34)22-7-4-16-35-22/h3-7,16,21H,8-15,17-18H2,1-2H3,(H,27,34)(H,28,32). The number of rotatable bonds is 7. The van der Waals surface area contributed by atoms with Gasteiger partial charge in [0, 0.05) is 51.0 Å². The molecule has 0 radical (unpaired) electrons. The van der Waals surface area contributed by atoms with Crippen molar-refractivity contribution < 1.29 is 14.4 Å². The van der Waals surface area contributed by atoms with E-state index < -0.39 is 0 Å². The monoisotopic (exact) mass is 497 g/mol. The van der Waals surface area contributed by atoms with E-state index in [4.69, 9.17) is 0 Å². The van der Waals surface area contributed by atoms with Crippen molar-refractivity contribution in [3.8, 4) is 0 Å². The highest BCUT2D eigenvalue weighted by atomic mass is 32.1. The largest absolute Gasteiger partial charge is 0.349 e. The van der Waals surface area contributed by atoms with E-state index in [9.17, 15) is 14.4 Å². The Kier molecular flexibility index (Phi) is 8.54. The van der Waals surface area contributed by atoms with E-state index in [-0.39, 0.29) is 23.8 Å². The summed E-state index contributed by atoms with van der Waals surface area (Å²) in [5.41, 5.74) is 3.01. The number of carbonyl (C=O) groups is 3. The second-order valence-corrected chi connectivity index (χ2v) is 10.4. The normalized spacial score (nSPS) is 17.8. The zero-order chi connectivity index (χ0) is 24.8. The van der Waals surface area contributed by atoms with Crippen LogP contribution >= 0.6 is 11.3 Å². The summed E-state index contributed by atoms with van der Waals surface area (Å²) in [6, 6.07) is 9.87. The quantitative estimate of drug-likeness (QED) is 0.614. The fourth-order valence-corrected chi connectivity index (χ4v) is 5.37. The van der Waals surface area contributed by atoms with Crippen molar-refractivity contribution in [2.45, 2.75) is 32.7 Å². The van der Waals surface area contributed by atoms with E-state index in [1.54, 1.807) is 0 Å². The Labute approximate surface area is 211 Å². The number of anilines is 1. The van der Waals surface area contributed by atoms with Crippen LogP contribution in [0.4, 0.5) is 5.69 Å². The van der Waals surface area contributed by atoms with E-state index in [1.165, 1.54) is 11.3 Å². The molecule has 2 fully saturated rings. The van der Waals surface area contributed by atoms with Gasteiger partial charge in [-0.2, -0.15) is 0 Å². The summed E-state index contributed by atoms with van der Waals surface area (Å²) < 4.78 is 0. The molecule has 0 bridgehead atoms. The predicted octanol–water partition coefficient (Wildman–Crippen LogP) is 2.34. The second kappa shape index (κ2) is 11.8. The molecule has 0 saturated carbocycles. The van der Waals surface area contributed by atoms with Crippen molar-refractivity contribution in [3.05, 3.63) is 51.7 Å². The highest BCUT2D eigenvalue weighted by Crippen LogP contribution is 2.19.